The van der Waals surface area contributed by atoms with Gasteiger partial charge >= 0.3 is 6.18 Å². The molecule has 0 saturated heterocycles. The van der Waals surface area contributed by atoms with Crippen molar-refractivity contribution in [3.05, 3.63) is 22.7 Å². The average Bonchev–Trinajstić information content (AvgIpc) is 2.36. The van der Waals surface area contributed by atoms with Gasteiger partial charge in [-0.25, -0.2) is 13.1 Å². The lowest BCUT2D eigenvalue weighted by Crippen LogP contribution is -2.25. The highest BCUT2D eigenvalue weighted by molar-refractivity contribution is 9.10. The molecule has 4 nitrogen and oxygen atoms in total. The molecule has 0 aromatic heterocycles. The predicted octanol–water partition coefficient (Wildman–Crippen LogP) is 3.47. The Kier molecular flexibility index (Phi) is 6.48. The second-order valence-corrected chi connectivity index (χ2v) is 6.89. The van der Waals surface area contributed by atoms with Crippen molar-refractivity contribution < 1.29 is 26.3 Å². The number of alkyl halides is 3. The number of benzene rings is 1. The molecule has 9 heteroatoms. The molecule has 0 aliphatic heterocycles. The van der Waals surface area contributed by atoms with Gasteiger partial charge in [-0.05, 0) is 47.0 Å². The van der Waals surface area contributed by atoms with Crippen molar-refractivity contribution in [2.45, 2.75) is 30.3 Å². The Hall–Kier alpha value is -0.800. The number of rotatable bonds is 7. The Balaban J connectivity index is 2.56. The van der Waals surface area contributed by atoms with Gasteiger partial charge in [0, 0.05) is 13.0 Å². The predicted molar refractivity (Wildman–Crippen MR) is 75.8 cm³/mol. The maximum atomic E-state index is 11.9. The fourth-order valence-electron chi connectivity index (χ4n) is 1.55. The minimum absolute atomic E-state index is 0.0194. The molecule has 0 aliphatic rings. The van der Waals surface area contributed by atoms with Gasteiger partial charge in [-0.15, -0.1) is 0 Å². The van der Waals surface area contributed by atoms with E-state index < -0.39 is 22.6 Å². The first-order chi connectivity index (χ1) is 9.65. The van der Waals surface area contributed by atoms with Crippen LogP contribution in [0, 0.1) is 0 Å². The Morgan fingerprint density at radius 3 is 2.48 bits per heavy atom. The van der Waals surface area contributed by atoms with E-state index in [0.29, 0.717) is 10.2 Å². The lowest BCUT2D eigenvalue weighted by molar-refractivity contribution is -0.135. The molecule has 1 N–H and O–H groups in total. The topological polar surface area (TPSA) is 55.4 Å². The molecule has 1 rings (SSSR count). The van der Waals surface area contributed by atoms with Crippen LogP contribution in [0.5, 0.6) is 5.75 Å². The van der Waals surface area contributed by atoms with Gasteiger partial charge in [-0.3, -0.25) is 0 Å². The van der Waals surface area contributed by atoms with E-state index in [1.54, 1.807) is 0 Å². The molecule has 0 heterocycles. The highest BCUT2D eigenvalue weighted by atomic mass is 79.9. The summed E-state index contributed by atoms with van der Waals surface area (Å²) in [6.07, 6.45) is -5.11. The van der Waals surface area contributed by atoms with Gasteiger partial charge in [0.25, 0.3) is 0 Å². The summed E-state index contributed by atoms with van der Waals surface area (Å²) in [4.78, 5) is 0.0194. The molecule has 120 valence electrons. The molecule has 0 spiro atoms. The molecule has 21 heavy (non-hydrogen) atoms. The first-order valence-corrected chi connectivity index (χ1v) is 8.33. The Morgan fingerprint density at radius 1 is 1.29 bits per heavy atom. The summed E-state index contributed by atoms with van der Waals surface area (Å²) in [5, 5.41) is 0. The van der Waals surface area contributed by atoms with E-state index in [-0.39, 0.29) is 24.3 Å². The monoisotopic (exact) mass is 389 g/mol. The first-order valence-electron chi connectivity index (χ1n) is 6.06. The lowest BCUT2D eigenvalue weighted by atomic mass is 10.2. The smallest absolute Gasteiger partial charge is 0.389 e. The zero-order valence-corrected chi connectivity index (χ0v) is 13.6. The number of hydrogen-bond acceptors (Lipinski definition) is 3. The number of nitrogens with one attached hydrogen (secondary N) is 1. The van der Waals surface area contributed by atoms with Crippen molar-refractivity contribution >= 4 is 26.0 Å². The van der Waals surface area contributed by atoms with Crippen molar-refractivity contribution in [2.24, 2.45) is 0 Å². The van der Waals surface area contributed by atoms with Gasteiger partial charge in [0.1, 0.15) is 5.75 Å². The van der Waals surface area contributed by atoms with Crippen LogP contribution in [0.3, 0.4) is 0 Å². The average molecular weight is 390 g/mol. The molecule has 1 aromatic carbocycles. The number of methoxy groups -OCH3 is 1. The van der Waals surface area contributed by atoms with Crippen LogP contribution < -0.4 is 9.46 Å². The van der Waals surface area contributed by atoms with Gasteiger partial charge in [0.05, 0.1) is 16.5 Å². The van der Waals surface area contributed by atoms with Gasteiger partial charge in [-0.1, -0.05) is 0 Å². The van der Waals surface area contributed by atoms with E-state index >= 15 is 0 Å². The van der Waals surface area contributed by atoms with Crippen molar-refractivity contribution in [1.82, 2.24) is 4.72 Å². The molecule has 0 unspecified atom stereocenters. The Labute approximate surface area is 129 Å². The molecule has 0 aliphatic carbocycles. The van der Waals surface area contributed by atoms with Crippen molar-refractivity contribution in [3.63, 3.8) is 0 Å². The van der Waals surface area contributed by atoms with Crippen LogP contribution in [0.4, 0.5) is 13.2 Å². The van der Waals surface area contributed by atoms with E-state index in [0.717, 1.165) is 0 Å². The van der Waals surface area contributed by atoms with Crippen LogP contribution >= 0.6 is 15.9 Å². The molecule has 0 amide bonds. The van der Waals surface area contributed by atoms with Crippen molar-refractivity contribution in [2.75, 3.05) is 13.7 Å². The second kappa shape index (κ2) is 7.46. The third-order valence-electron chi connectivity index (χ3n) is 2.61. The van der Waals surface area contributed by atoms with Crippen LogP contribution in [0.1, 0.15) is 19.3 Å². The van der Waals surface area contributed by atoms with Crippen LogP contribution in [0.15, 0.2) is 27.6 Å². The minimum atomic E-state index is -4.21. The van der Waals surface area contributed by atoms with Crippen LogP contribution in [-0.2, 0) is 10.0 Å². The summed E-state index contributed by atoms with van der Waals surface area (Å²) in [6.45, 7) is -0.0396. The highest BCUT2D eigenvalue weighted by Gasteiger charge is 2.26. The van der Waals surface area contributed by atoms with Crippen LogP contribution in [0.2, 0.25) is 0 Å². The molecule has 0 atom stereocenters. The van der Waals surface area contributed by atoms with Gasteiger partial charge < -0.3 is 4.74 Å². The first kappa shape index (κ1) is 18.2. The Morgan fingerprint density at radius 2 is 1.95 bits per heavy atom. The van der Waals surface area contributed by atoms with Crippen LogP contribution in [-0.4, -0.2) is 28.2 Å². The quantitative estimate of drug-likeness (QED) is 0.726. The van der Waals surface area contributed by atoms with E-state index in [2.05, 4.69) is 20.7 Å². The van der Waals surface area contributed by atoms with E-state index in [9.17, 15) is 21.6 Å². The minimum Gasteiger partial charge on any atom is -0.496 e. The summed E-state index contributed by atoms with van der Waals surface area (Å²) in [6, 6.07) is 4.22. The fraction of sp³-hybridized carbons (Fsp3) is 0.500. The third kappa shape index (κ3) is 6.23. The summed E-state index contributed by atoms with van der Waals surface area (Å²) in [7, 11) is -2.29. The molecular weight excluding hydrogens is 375 g/mol. The number of ether oxygens (including phenoxy) is 1. The zero-order valence-electron chi connectivity index (χ0n) is 11.2. The van der Waals surface area contributed by atoms with Gasteiger partial charge in [-0.2, -0.15) is 13.2 Å². The number of halogens is 4. The van der Waals surface area contributed by atoms with Gasteiger partial charge in [0.2, 0.25) is 10.0 Å². The molecule has 0 fully saturated rings. The molecule has 0 bridgehead atoms. The number of unbranched alkanes of at least 4 members (excludes halogenated alkanes) is 1. The highest BCUT2D eigenvalue weighted by Crippen LogP contribution is 2.27. The van der Waals surface area contributed by atoms with E-state index in [4.69, 9.17) is 4.74 Å². The van der Waals surface area contributed by atoms with Crippen LogP contribution in [0.25, 0.3) is 0 Å². The Bertz CT molecular complexity index is 576. The maximum Gasteiger partial charge on any atom is 0.389 e. The van der Waals surface area contributed by atoms with E-state index in [1.807, 2.05) is 0 Å². The largest absolute Gasteiger partial charge is 0.496 e. The second-order valence-electron chi connectivity index (χ2n) is 4.27. The summed E-state index contributed by atoms with van der Waals surface area (Å²) in [5.41, 5.74) is 0. The van der Waals surface area contributed by atoms with Crippen molar-refractivity contribution in [3.8, 4) is 5.75 Å². The normalized spacial score (nSPS) is 12.4. The van der Waals surface area contributed by atoms with Gasteiger partial charge in [0.15, 0.2) is 0 Å². The summed E-state index contributed by atoms with van der Waals surface area (Å²) >= 11 is 3.17. The third-order valence-corrected chi connectivity index (χ3v) is 4.69. The molecule has 0 radical (unpaired) electrons. The summed E-state index contributed by atoms with van der Waals surface area (Å²) < 4.78 is 67.5. The SMILES string of the molecule is COc1ccc(S(=O)(=O)NCCCCC(F)(F)F)cc1Br. The molecular formula is C12H15BrF3NO3S. The number of hydrogen-bond donors (Lipinski definition) is 1. The van der Waals surface area contributed by atoms with E-state index in [1.165, 1.54) is 25.3 Å². The standard InChI is InChI=1S/C12H15BrF3NO3S/c1-20-11-5-4-9(8-10(11)13)21(18,19)17-7-3-2-6-12(14,15)16/h4-5,8,17H,2-3,6-7H2,1H3. The number of sulfonamides is 1. The van der Waals surface area contributed by atoms with Crippen molar-refractivity contribution in [1.29, 1.82) is 0 Å². The lowest BCUT2D eigenvalue weighted by Gasteiger charge is -2.09. The maximum absolute atomic E-state index is 11.9. The summed E-state index contributed by atoms with van der Waals surface area (Å²) in [5.74, 6) is 0.485. The molecule has 0 saturated carbocycles. The zero-order chi connectivity index (χ0) is 16.1. The fourth-order valence-corrected chi connectivity index (χ4v) is 3.35. The molecule has 1 aromatic rings.